The highest BCUT2D eigenvalue weighted by Gasteiger charge is 2.20. The Hall–Kier alpha value is -5.02. The maximum Gasteiger partial charge on any atom is 0.251 e. The topological polar surface area (TPSA) is 149 Å². The average Bonchev–Trinajstić information content (AvgIpc) is 3.45. The molecule has 3 heterocycles. The number of benzene rings is 2. The van der Waals surface area contributed by atoms with Crippen LogP contribution in [0.25, 0.3) is 11.1 Å². The van der Waals surface area contributed by atoms with E-state index in [0.29, 0.717) is 66.5 Å². The zero-order valence-electron chi connectivity index (χ0n) is 22.1. The molecular formula is C28H28N8O4. The molecule has 4 aromatic rings. The predicted octanol–water partition coefficient (Wildman–Crippen LogP) is 3.20. The zero-order chi connectivity index (χ0) is 27.9. The van der Waals surface area contributed by atoms with E-state index in [1.165, 1.54) is 13.4 Å². The van der Waals surface area contributed by atoms with Crippen LogP contribution in [-0.2, 0) is 11.3 Å². The standard InChI is InChI=1S/C28H28N8O4/c1-18(13-36-17-30-16-34-36)40-25-7-20(3-4-22(25)9-29)23-11-32-28(33-12-23)35-24-6-5-21(8-26(24)38-2)27(37)31-10-19-14-39-15-19/h3-8,11-12,16-19H,10,13-15H2,1-2H3,(H,31,37)(H,32,33,35). The number of nitrogens with zero attached hydrogens (tertiary/aromatic N) is 6. The molecule has 1 saturated heterocycles. The molecule has 40 heavy (non-hydrogen) atoms. The van der Waals surface area contributed by atoms with Gasteiger partial charge in [-0.15, -0.1) is 0 Å². The summed E-state index contributed by atoms with van der Waals surface area (Å²) >= 11 is 0. The third-order valence-electron chi connectivity index (χ3n) is 6.29. The first-order valence-electron chi connectivity index (χ1n) is 12.7. The van der Waals surface area contributed by atoms with Crippen molar-refractivity contribution in [3.05, 3.63) is 72.6 Å². The van der Waals surface area contributed by atoms with E-state index in [2.05, 4.69) is 36.8 Å². The SMILES string of the molecule is COc1cc(C(=O)NCC2COC2)ccc1Nc1ncc(-c2ccc(C#N)c(OC(C)Cn3cncn3)c2)cn1. The molecule has 12 heteroatoms. The van der Waals surface area contributed by atoms with Gasteiger partial charge in [-0.05, 0) is 42.8 Å². The summed E-state index contributed by atoms with van der Waals surface area (Å²) < 4.78 is 18.4. The van der Waals surface area contributed by atoms with Crippen LogP contribution in [-0.4, -0.2) is 63.6 Å². The number of carbonyl (C=O) groups excluding carboxylic acids is 1. The molecule has 2 aromatic heterocycles. The molecule has 1 unspecified atom stereocenters. The van der Waals surface area contributed by atoms with Gasteiger partial charge in [0, 0.05) is 36.0 Å². The van der Waals surface area contributed by atoms with Crippen LogP contribution in [0.2, 0.25) is 0 Å². The third kappa shape index (κ3) is 6.33. The van der Waals surface area contributed by atoms with E-state index in [1.54, 1.807) is 53.7 Å². The summed E-state index contributed by atoms with van der Waals surface area (Å²) in [4.78, 5) is 25.3. The predicted molar refractivity (Wildman–Crippen MR) is 145 cm³/mol. The van der Waals surface area contributed by atoms with Crippen LogP contribution >= 0.6 is 0 Å². The average molecular weight is 541 g/mol. The molecule has 1 aliphatic rings. The van der Waals surface area contributed by atoms with Gasteiger partial charge in [0.2, 0.25) is 5.95 Å². The lowest BCUT2D eigenvalue weighted by Gasteiger charge is -2.25. The highest BCUT2D eigenvalue weighted by molar-refractivity contribution is 5.95. The van der Waals surface area contributed by atoms with Crippen molar-refractivity contribution >= 4 is 17.5 Å². The summed E-state index contributed by atoms with van der Waals surface area (Å²) in [7, 11) is 1.54. The van der Waals surface area contributed by atoms with E-state index in [4.69, 9.17) is 14.2 Å². The molecule has 5 rings (SSSR count). The van der Waals surface area contributed by atoms with Gasteiger partial charge in [-0.25, -0.2) is 19.6 Å². The van der Waals surface area contributed by atoms with E-state index in [0.717, 1.165) is 11.1 Å². The van der Waals surface area contributed by atoms with Gasteiger partial charge in [-0.2, -0.15) is 10.4 Å². The molecule has 0 bridgehead atoms. The Morgan fingerprint density at radius 3 is 2.67 bits per heavy atom. The number of amides is 1. The molecule has 12 nitrogen and oxygen atoms in total. The van der Waals surface area contributed by atoms with E-state index in [-0.39, 0.29) is 12.0 Å². The van der Waals surface area contributed by atoms with E-state index < -0.39 is 0 Å². The van der Waals surface area contributed by atoms with Crippen molar-refractivity contribution in [3.63, 3.8) is 0 Å². The number of hydrogen-bond acceptors (Lipinski definition) is 10. The van der Waals surface area contributed by atoms with Gasteiger partial charge < -0.3 is 24.8 Å². The van der Waals surface area contributed by atoms with Gasteiger partial charge in [0.15, 0.2) is 0 Å². The third-order valence-corrected chi connectivity index (χ3v) is 6.29. The largest absolute Gasteiger partial charge is 0.495 e. The van der Waals surface area contributed by atoms with Crippen molar-refractivity contribution in [1.29, 1.82) is 5.26 Å². The Labute approximate surface area is 231 Å². The number of methoxy groups -OCH3 is 1. The Balaban J connectivity index is 1.26. The van der Waals surface area contributed by atoms with Crippen molar-refractivity contribution in [2.45, 2.75) is 19.6 Å². The minimum atomic E-state index is -0.239. The van der Waals surface area contributed by atoms with E-state index >= 15 is 0 Å². The second-order valence-electron chi connectivity index (χ2n) is 9.32. The quantitative estimate of drug-likeness (QED) is 0.290. The number of carbonyl (C=O) groups is 1. The van der Waals surface area contributed by atoms with Gasteiger partial charge in [0.25, 0.3) is 5.91 Å². The number of nitrogens with one attached hydrogen (secondary N) is 2. The zero-order valence-corrected chi connectivity index (χ0v) is 22.1. The fraction of sp³-hybridized carbons (Fsp3) is 0.286. The van der Waals surface area contributed by atoms with Crippen LogP contribution < -0.4 is 20.1 Å². The van der Waals surface area contributed by atoms with Crippen LogP contribution in [0.5, 0.6) is 11.5 Å². The van der Waals surface area contributed by atoms with Crippen LogP contribution in [0, 0.1) is 17.2 Å². The van der Waals surface area contributed by atoms with Gasteiger partial charge in [0.05, 0.1) is 38.1 Å². The van der Waals surface area contributed by atoms with Gasteiger partial charge >= 0.3 is 0 Å². The summed E-state index contributed by atoms with van der Waals surface area (Å²) in [5, 5.41) is 19.7. The minimum Gasteiger partial charge on any atom is -0.495 e. The lowest BCUT2D eigenvalue weighted by molar-refractivity contribution is -0.0298. The van der Waals surface area contributed by atoms with Crippen LogP contribution in [0.3, 0.4) is 0 Å². The van der Waals surface area contributed by atoms with Crippen molar-refractivity contribution in [2.75, 3.05) is 32.2 Å². The van der Waals surface area contributed by atoms with Crippen molar-refractivity contribution in [2.24, 2.45) is 5.92 Å². The smallest absolute Gasteiger partial charge is 0.251 e. The molecule has 204 valence electrons. The van der Waals surface area contributed by atoms with Gasteiger partial charge in [-0.1, -0.05) is 6.07 Å². The summed E-state index contributed by atoms with van der Waals surface area (Å²) in [5.41, 5.74) is 3.09. The van der Waals surface area contributed by atoms with Crippen molar-refractivity contribution in [1.82, 2.24) is 30.0 Å². The van der Waals surface area contributed by atoms with E-state index in [1.807, 2.05) is 13.0 Å². The molecular weight excluding hydrogens is 512 g/mol. The highest BCUT2D eigenvalue weighted by Crippen LogP contribution is 2.30. The number of nitriles is 1. The van der Waals surface area contributed by atoms with Crippen LogP contribution in [0.15, 0.2) is 61.4 Å². The van der Waals surface area contributed by atoms with Crippen molar-refractivity contribution in [3.8, 4) is 28.7 Å². The number of rotatable bonds is 11. The fourth-order valence-electron chi connectivity index (χ4n) is 4.08. The first-order chi connectivity index (χ1) is 19.5. The number of aromatic nitrogens is 5. The number of ether oxygens (including phenoxy) is 3. The first-order valence-corrected chi connectivity index (χ1v) is 12.7. The second-order valence-corrected chi connectivity index (χ2v) is 9.32. The molecule has 0 radical (unpaired) electrons. The monoisotopic (exact) mass is 540 g/mol. The van der Waals surface area contributed by atoms with Gasteiger partial charge in [0.1, 0.15) is 36.3 Å². The number of anilines is 2. The fourth-order valence-corrected chi connectivity index (χ4v) is 4.08. The summed E-state index contributed by atoms with van der Waals surface area (Å²) in [6.45, 7) is 4.32. The first kappa shape index (κ1) is 26.6. The molecule has 1 fully saturated rings. The molecule has 2 N–H and O–H groups in total. The molecule has 1 atom stereocenters. The molecule has 1 aliphatic heterocycles. The molecule has 2 aromatic carbocycles. The maximum absolute atomic E-state index is 12.5. The molecule has 0 aliphatic carbocycles. The highest BCUT2D eigenvalue weighted by atomic mass is 16.5. The molecule has 1 amide bonds. The summed E-state index contributed by atoms with van der Waals surface area (Å²) in [6, 6.07) is 12.6. The normalized spacial score (nSPS) is 13.5. The van der Waals surface area contributed by atoms with Crippen LogP contribution in [0.4, 0.5) is 11.6 Å². The summed E-state index contributed by atoms with van der Waals surface area (Å²) in [6.07, 6.45) is 6.19. The van der Waals surface area contributed by atoms with Crippen LogP contribution in [0.1, 0.15) is 22.8 Å². The Bertz CT molecular complexity index is 1500. The minimum absolute atomic E-state index is 0.170. The van der Waals surface area contributed by atoms with Crippen molar-refractivity contribution < 1.29 is 19.0 Å². The second kappa shape index (κ2) is 12.2. The molecule has 0 spiro atoms. The number of hydrogen-bond donors (Lipinski definition) is 2. The Kier molecular flexibility index (Phi) is 8.13. The Morgan fingerprint density at radius 2 is 2.00 bits per heavy atom. The lowest BCUT2D eigenvalue weighted by Crippen LogP contribution is -2.39. The van der Waals surface area contributed by atoms with E-state index in [9.17, 15) is 10.1 Å². The lowest BCUT2D eigenvalue weighted by atomic mass is 10.1. The Morgan fingerprint density at radius 1 is 1.18 bits per heavy atom. The summed E-state index contributed by atoms with van der Waals surface area (Å²) in [5.74, 6) is 1.50. The molecule has 0 saturated carbocycles. The maximum atomic E-state index is 12.5. The van der Waals surface area contributed by atoms with Gasteiger partial charge in [-0.3, -0.25) is 4.79 Å².